The molecule has 0 unspecified atom stereocenters. The van der Waals surface area contributed by atoms with Gasteiger partial charge in [0.25, 0.3) is 0 Å². The summed E-state index contributed by atoms with van der Waals surface area (Å²) < 4.78 is 1.83. The molecule has 0 amide bonds. The molecule has 0 atom stereocenters. The SMILES string of the molecule is Cc1ccc(C)c(-n2cc(N)c(-c3cccnc3)n2)c1. The molecule has 3 rings (SSSR count). The normalized spacial score (nSPS) is 10.7. The standard InChI is InChI=1S/C16H16N4/c1-11-5-6-12(2)15(8-11)20-10-14(17)16(19-20)13-4-3-7-18-9-13/h3-10H,17H2,1-2H3. The lowest BCUT2D eigenvalue weighted by Crippen LogP contribution is -1.98. The monoisotopic (exact) mass is 264 g/mol. The second-order valence-corrected chi connectivity index (χ2v) is 4.91. The summed E-state index contributed by atoms with van der Waals surface area (Å²) in [6, 6.07) is 10.1. The summed E-state index contributed by atoms with van der Waals surface area (Å²) >= 11 is 0. The maximum absolute atomic E-state index is 6.09. The van der Waals surface area contributed by atoms with Crippen molar-refractivity contribution >= 4 is 5.69 Å². The second kappa shape index (κ2) is 4.81. The van der Waals surface area contributed by atoms with Gasteiger partial charge >= 0.3 is 0 Å². The molecule has 0 aliphatic rings. The van der Waals surface area contributed by atoms with E-state index in [2.05, 4.69) is 42.1 Å². The average molecular weight is 264 g/mol. The first-order chi connectivity index (χ1) is 9.65. The molecular weight excluding hydrogens is 248 g/mol. The van der Waals surface area contributed by atoms with Crippen LogP contribution in [0.2, 0.25) is 0 Å². The minimum atomic E-state index is 0.652. The van der Waals surface area contributed by atoms with E-state index in [1.807, 2.05) is 23.0 Å². The van der Waals surface area contributed by atoms with E-state index in [4.69, 9.17) is 5.73 Å². The summed E-state index contributed by atoms with van der Waals surface area (Å²) in [7, 11) is 0. The number of hydrogen-bond acceptors (Lipinski definition) is 3. The predicted octanol–water partition coefficient (Wildman–Crippen LogP) is 3.13. The Bertz CT molecular complexity index is 744. The van der Waals surface area contributed by atoms with Crippen LogP contribution in [0.1, 0.15) is 11.1 Å². The highest BCUT2D eigenvalue weighted by Gasteiger charge is 2.11. The lowest BCUT2D eigenvalue weighted by atomic mass is 10.1. The van der Waals surface area contributed by atoms with Crippen LogP contribution < -0.4 is 5.73 Å². The van der Waals surface area contributed by atoms with E-state index in [1.54, 1.807) is 12.4 Å². The Morgan fingerprint density at radius 3 is 2.75 bits per heavy atom. The van der Waals surface area contributed by atoms with E-state index in [9.17, 15) is 0 Å². The molecule has 100 valence electrons. The average Bonchev–Trinajstić information content (AvgIpc) is 2.84. The van der Waals surface area contributed by atoms with Gasteiger partial charge in [-0.2, -0.15) is 5.10 Å². The van der Waals surface area contributed by atoms with Gasteiger partial charge in [0.15, 0.2) is 0 Å². The third kappa shape index (κ3) is 2.16. The predicted molar refractivity (Wildman–Crippen MR) is 80.7 cm³/mol. The number of nitrogens with two attached hydrogens (primary N) is 1. The lowest BCUT2D eigenvalue weighted by molar-refractivity contribution is 0.875. The molecule has 2 N–H and O–H groups in total. The van der Waals surface area contributed by atoms with Crippen LogP contribution in [0.4, 0.5) is 5.69 Å². The summed E-state index contributed by atoms with van der Waals surface area (Å²) in [5, 5.41) is 4.60. The molecule has 0 saturated carbocycles. The van der Waals surface area contributed by atoms with Gasteiger partial charge in [0, 0.05) is 18.0 Å². The molecule has 0 bridgehead atoms. The first kappa shape index (κ1) is 12.4. The van der Waals surface area contributed by atoms with E-state index < -0.39 is 0 Å². The fraction of sp³-hybridized carbons (Fsp3) is 0.125. The van der Waals surface area contributed by atoms with E-state index in [-0.39, 0.29) is 0 Å². The number of pyridine rings is 1. The van der Waals surface area contributed by atoms with Crippen molar-refractivity contribution in [3.8, 4) is 16.9 Å². The van der Waals surface area contributed by atoms with Gasteiger partial charge in [0.05, 0.1) is 17.6 Å². The molecular formula is C16H16N4. The molecule has 0 fully saturated rings. The quantitative estimate of drug-likeness (QED) is 0.773. The summed E-state index contributed by atoms with van der Waals surface area (Å²) in [6.07, 6.45) is 5.36. The molecule has 4 nitrogen and oxygen atoms in total. The number of aryl methyl sites for hydroxylation is 2. The van der Waals surface area contributed by atoms with E-state index >= 15 is 0 Å². The zero-order valence-electron chi connectivity index (χ0n) is 11.5. The lowest BCUT2D eigenvalue weighted by Gasteiger charge is -2.06. The van der Waals surface area contributed by atoms with Crippen molar-refractivity contribution in [1.29, 1.82) is 0 Å². The Balaban J connectivity index is 2.11. The van der Waals surface area contributed by atoms with Crippen LogP contribution in [0.3, 0.4) is 0 Å². The molecule has 2 aromatic heterocycles. The number of anilines is 1. The van der Waals surface area contributed by atoms with Crippen LogP contribution >= 0.6 is 0 Å². The van der Waals surface area contributed by atoms with E-state index in [0.29, 0.717) is 5.69 Å². The molecule has 0 saturated heterocycles. The molecule has 0 radical (unpaired) electrons. The fourth-order valence-electron chi connectivity index (χ4n) is 2.20. The highest BCUT2D eigenvalue weighted by Crippen LogP contribution is 2.25. The van der Waals surface area contributed by atoms with Crippen LogP contribution in [0.15, 0.2) is 48.9 Å². The summed E-state index contributed by atoms with van der Waals surface area (Å²) in [6.45, 7) is 4.13. The van der Waals surface area contributed by atoms with Crippen molar-refractivity contribution in [2.45, 2.75) is 13.8 Å². The van der Waals surface area contributed by atoms with Gasteiger partial charge in [-0.25, -0.2) is 4.68 Å². The highest BCUT2D eigenvalue weighted by atomic mass is 15.3. The first-order valence-electron chi connectivity index (χ1n) is 6.48. The third-order valence-electron chi connectivity index (χ3n) is 3.29. The van der Waals surface area contributed by atoms with Crippen molar-refractivity contribution in [3.63, 3.8) is 0 Å². The molecule has 0 aliphatic carbocycles. The molecule has 2 heterocycles. The molecule has 0 spiro atoms. The van der Waals surface area contributed by atoms with Gasteiger partial charge in [0.1, 0.15) is 5.69 Å². The number of nitrogens with zero attached hydrogens (tertiary/aromatic N) is 3. The Morgan fingerprint density at radius 1 is 1.15 bits per heavy atom. The summed E-state index contributed by atoms with van der Waals surface area (Å²) in [4.78, 5) is 4.11. The Kier molecular flexibility index (Phi) is 2.99. The smallest absolute Gasteiger partial charge is 0.117 e. The number of nitrogen functional groups attached to an aromatic ring is 1. The number of aromatic nitrogens is 3. The summed E-state index contributed by atoms with van der Waals surface area (Å²) in [5.41, 5.74) is 11.8. The van der Waals surface area contributed by atoms with Crippen molar-refractivity contribution in [3.05, 3.63) is 60.0 Å². The van der Waals surface area contributed by atoms with Crippen molar-refractivity contribution in [2.75, 3.05) is 5.73 Å². The van der Waals surface area contributed by atoms with Crippen molar-refractivity contribution < 1.29 is 0 Å². The van der Waals surface area contributed by atoms with Gasteiger partial charge in [-0.15, -0.1) is 0 Å². The van der Waals surface area contributed by atoms with E-state index in [0.717, 1.165) is 22.5 Å². The Morgan fingerprint density at radius 2 is 2.00 bits per heavy atom. The molecule has 20 heavy (non-hydrogen) atoms. The van der Waals surface area contributed by atoms with Gasteiger partial charge < -0.3 is 5.73 Å². The van der Waals surface area contributed by atoms with Crippen LogP contribution in [-0.2, 0) is 0 Å². The zero-order chi connectivity index (χ0) is 14.1. The minimum Gasteiger partial charge on any atom is -0.396 e. The molecule has 4 heteroatoms. The Hall–Kier alpha value is -2.62. The van der Waals surface area contributed by atoms with Gasteiger partial charge in [-0.05, 0) is 43.2 Å². The summed E-state index contributed by atoms with van der Waals surface area (Å²) in [5.74, 6) is 0. The largest absolute Gasteiger partial charge is 0.396 e. The highest BCUT2D eigenvalue weighted by molar-refractivity contribution is 5.71. The van der Waals surface area contributed by atoms with Gasteiger partial charge in [-0.1, -0.05) is 12.1 Å². The third-order valence-corrected chi connectivity index (χ3v) is 3.29. The number of hydrogen-bond donors (Lipinski definition) is 1. The van der Waals surface area contributed by atoms with Gasteiger partial charge in [0.2, 0.25) is 0 Å². The first-order valence-corrected chi connectivity index (χ1v) is 6.48. The van der Waals surface area contributed by atoms with Crippen molar-refractivity contribution in [1.82, 2.24) is 14.8 Å². The van der Waals surface area contributed by atoms with Crippen LogP contribution in [-0.4, -0.2) is 14.8 Å². The maximum atomic E-state index is 6.09. The second-order valence-electron chi connectivity index (χ2n) is 4.91. The fourth-order valence-corrected chi connectivity index (χ4v) is 2.20. The molecule has 3 aromatic rings. The van der Waals surface area contributed by atoms with Crippen molar-refractivity contribution in [2.24, 2.45) is 0 Å². The zero-order valence-corrected chi connectivity index (χ0v) is 11.5. The molecule has 1 aromatic carbocycles. The molecule has 0 aliphatic heterocycles. The Labute approximate surface area is 117 Å². The number of benzene rings is 1. The van der Waals surface area contributed by atoms with E-state index in [1.165, 1.54) is 5.56 Å². The maximum Gasteiger partial charge on any atom is 0.117 e. The van der Waals surface area contributed by atoms with Gasteiger partial charge in [-0.3, -0.25) is 4.98 Å². The minimum absolute atomic E-state index is 0.652. The van der Waals surface area contributed by atoms with Crippen LogP contribution in [0.5, 0.6) is 0 Å². The number of rotatable bonds is 2. The van der Waals surface area contributed by atoms with Crippen LogP contribution in [0, 0.1) is 13.8 Å². The van der Waals surface area contributed by atoms with Crippen LogP contribution in [0.25, 0.3) is 16.9 Å². The topological polar surface area (TPSA) is 56.7 Å².